The molecule has 1 aromatic rings. The molecule has 1 aromatic carbocycles. The van der Waals surface area contributed by atoms with Crippen molar-refractivity contribution in [1.82, 2.24) is 0 Å². The fourth-order valence-electron chi connectivity index (χ4n) is 2.20. The maximum atomic E-state index is 12.2. The first-order valence-electron chi connectivity index (χ1n) is 7.40. The van der Waals surface area contributed by atoms with Gasteiger partial charge in [-0.3, -0.25) is 14.6 Å². The van der Waals surface area contributed by atoms with E-state index in [4.69, 9.17) is 21.9 Å². The third-order valence-electron chi connectivity index (χ3n) is 3.55. The zero-order valence-corrected chi connectivity index (χ0v) is 13.5. The lowest BCUT2D eigenvalue weighted by Gasteiger charge is -2.11. The molecule has 1 rings (SSSR count). The number of benzene rings is 1. The van der Waals surface area contributed by atoms with E-state index in [-0.39, 0.29) is 29.6 Å². The number of hydrogen-bond donors (Lipinski definition) is 3. The van der Waals surface area contributed by atoms with Crippen LogP contribution in [0, 0.1) is 5.92 Å². The van der Waals surface area contributed by atoms with Crippen LogP contribution in [0.5, 0.6) is 5.75 Å². The molecule has 0 unspecified atom stereocenters. The molecule has 0 aliphatic rings. The molecule has 0 saturated heterocycles. The molecular weight excluding hydrogens is 296 g/mol. The Balaban J connectivity index is 2.64. The van der Waals surface area contributed by atoms with Crippen molar-refractivity contribution in [3.8, 4) is 5.75 Å². The van der Waals surface area contributed by atoms with Gasteiger partial charge < -0.3 is 21.9 Å². The van der Waals surface area contributed by atoms with Crippen LogP contribution in [-0.2, 0) is 11.2 Å². The van der Waals surface area contributed by atoms with E-state index in [9.17, 15) is 9.59 Å². The predicted molar refractivity (Wildman–Crippen MR) is 89.3 cm³/mol. The highest BCUT2D eigenvalue weighted by Crippen LogP contribution is 2.21. The normalized spacial score (nSPS) is 11.6. The Morgan fingerprint density at radius 1 is 1.26 bits per heavy atom. The molecule has 0 fully saturated rings. The second kappa shape index (κ2) is 8.77. The lowest BCUT2D eigenvalue weighted by Crippen LogP contribution is -2.23. The van der Waals surface area contributed by atoms with Crippen molar-refractivity contribution >= 4 is 17.6 Å². The van der Waals surface area contributed by atoms with Gasteiger partial charge in [0, 0.05) is 18.9 Å². The third kappa shape index (κ3) is 5.98. The van der Waals surface area contributed by atoms with Gasteiger partial charge in [-0.2, -0.15) is 0 Å². The summed E-state index contributed by atoms with van der Waals surface area (Å²) in [7, 11) is 1.46. The van der Waals surface area contributed by atoms with Crippen LogP contribution in [0.15, 0.2) is 23.2 Å². The van der Waals surface area contributed by atoms with E-state index in [1.165, 1.54) is 7.11 Å². The fourth-order valence-corrected chi connectivity index (χ4v) is 2.20. The number of ether oxygens (including phenoxy) is 1. The number of rotatable bonds is 9. The number of aliphatic imine (C=N–C) groups is 1. The Morgan fingerprint density at radius 3 is 2.52 bits per heavy atom. The summed E-state index contributed by atoms with van der Waals surface area (Å²) >= 11 is 0. The molecule has 7 heteroatoms. The zero-order valence-electron chi connectivity index (χ0n) is 13.5. The Kier molecular flexibility index (Phi) is 7.05. The Morgan fingerprint density at radius 2 is 1.96 bits per heavy atom. The number of guanidine groups is 1. The molecule has 0 aliphatic carbocycles. The van der Waals surface area contributed by atoms with Crippen LogP contribution in [0.1, 0.15) is 35.7 Å². The van der Waals surface area contributed by atoms with Gasteiger partial charge in [0.15, 0.2) is 5.96 Å². The van der Waals surface area contributed by atoms with E-state index in [0.29, 0.717) is 18.7 Å². The first-order chi connectivity index (χ1) is 10.8. The van der Waals surface area contributed by atoms with Crippen molar-refractivity contribution < 1.29 is 14.3 Å². The van der Waals surface area contributed by atoms with Crippen molar-refractivity contribution in [2.45, 2.75) is 26.2 Å². The molecule has 0 heterocycles. The van der Waals surface area contributed by atoms with Crippen molar-refractivity contribution in [2.75, 3.05) is 13.7 Å². The maximum Gasteiger partial charge on any atom is 0.252 e. The number of carbonyl (C=O) groups excluding carboxylic acids is 2. The highest BCUT2D eigenvalue weighted by Gasteiger charge is 2.15. The first kappa shape index (κ1) is 18.5. The average Bonchev–Trinajstić information content (AvgIpc) is 2.50. The van der Waals surface area contributed by atoms with Crippen LogP contribution >= 0.6 is 0 Å². The summed E-state index contributed by atoms with van der Waals surface area (Å²) in [5.41, 5.74) is 16.8. The second-order valence-electron chi connectivity index (χ2n) is 5.39. The summed E-state index contributed by atoms with van der Waals surface area (Å²) in [5, 5.41) is 0. The minimum atomic E-state index is -0.582. The molecule has 0 radical (unpaired) electrons. The van der Waals surface area contributed by atoms with E-state index in [2.05, 4.69) is 4.99 Å². The minimum Gasteiger partial charge on any atom is -0.496 e. The van der Waals surface area contributed by atoms with E-state index < -0.39 is 5.91 Å². The van der Waals surface area contributed by atoms with Gasteiger partial charge in [-0.25, -0.2) is 0 Å². The predicted octanol–water partition coefficient (Wildman–Crippen LogP) is 0.595. The van der Waals surface area contributed by atoms with Gasteiger partial charge in [0.25, 0.3) is 5.91 Å². The van der Waals surface area contributed by atoms with Gasteiger partial charge in [0.05, 0.1) is 12.7 Å². The van der Waals surface area contributed by atoms with Gasteiger partial charge in [-0.05, 0) is 30.5 Å². The number of nitrogens with two attached hydrogens (primary N) is 3. The van der Waals surface area contributed by atoms with Gasteiger partial charge >= 0.3 is 0 Å². The molecule has 0 aliphatic heterocycles. The zero-order chi connectivity index (χ0) is 17.4. The number of carbonyl (C=O) groups is 2. The monoisotopic (exact) mass is 320 g/mol. The number of amides is 1. The summed E-state index contributed by atoms with van der Waals surface area (Å²) < 4.78 is 5.08. The molecule has 23 heavy (non-hydrogen) atoms. The average molecular weight is 320 g/mol. The van der Waals surface area contributed by atoms with E-state index >= 15 is 0 Å². The van der Waals surface area contributed by atoms with Gasteiger partial charge in [-0.1, -0.05) is 13.0 Å². The number of primary amides is 1. The van der Waals surface area contributed by atoms with Crippen molar-refractivity contribution in [1.29, 1.82) is 0 Å². The van der Waals surface area contributed by atoms with E-state index in [1.807, 2.05) is 6.92 Å². The maximum absolute atomic E-state index is 12.2. The lowest BCUT2D eigenvalue weighted by molar-refractivity contribution is -0.121. The highest BCUT2D eigenvalue weighted by atomic mass is 16.5. The second-order valence-corrected chi connectivity index (χ2v) is 5.39. The molecule has 0 bridgehead atoms. The van der Waals surface area contributed by atoms with Crippen molar-refractivity contribution in [3.63, 3.8) is 0 Å². The van der Waals surface area contributed by atoms with E-state index in [0.717, 1.165) is 12.0 Å². The van der Waals surface area contributed by atoms with Crippen LogP contribution in [0.25, 0.3) is 0 Å². The number of hydrogen-bond acceptors (Lipinski definition) is 4. The molecule has 1 atom stereocenters. The number of Topliss-reactive ketones (excluding diaryl/α,β-unsaturated/α-hetero) is 1. The summed E-state index contributed by atoms with van der Waals surface area (Å²) in [6.45, 7) is 2.38. The van der Waals surface area contributed by atoms with Gasteiger partial charge in [0.2, 0.25) is 0 Å². The smallest absolute Gasteiger partial charge is 0.252 e. The molecule has 0 spiro atoms. The van der Waals surface area contributed by atoms with Crippen LogP contribution in [0.3, 0.4) is 0 Å². The van der Waals surface area contributed by atoms with Crippen LogP contribution < -0.4 is 21.9 Å². The molecule has 7 nitrogen and oxygen atoms in total. The van der Waals surface area contributed by atoms with Gasteiger partial charge in [0.1, 0.15) is 11.5 Å². The van der Waals surface area contributed by atoms with E-state index in [1.54, 1.807) is 18.2 Å². The van der Waals surface area contributed by atoms with Gasteiger partial charge in [-0.15, -0.1) is 0 Å². The molecule has 0 aromatic heterocycles. The summed E-state index contributed by atoms with van der Waals surface area (Å²) in [6, 6.07) is 5.01. The molecule has 1 amide bonds. The standard InChI is InChI=1S/C16H24N4O3/c1-10(4-3-7-20-16(18)19)13(21)9-11-5-6-14(23-2)12(8-11)15(17)22/h5-6,8,10H,3-4,7,9H2,1-2H3,(H2,17,22)(H4,18,19,20)/t10-/m0/s1. The molecule has 0 saturated carbocycles. The SMILES string of the molecule is COc1ccc(CC(=O)[C@@H](C)CCCN=C(N)N)cc1C(N)=O. The number of nitrogens with zero attached hydrogens (tertiary/aromatic N) is 1. The quantitative estimate of drug-likeness (QED) is 0.348. The summed E-state index contributed by atoms with van der Waals surface area (Å²) in [4.78, 5) is 27.5. The third-order valence-corrected chi connectivity index (χ3v) is 3.55. The van der Waals surface area contributed by atoms with Crippen LogP contribution in [0.4, 0.5) is 0 Å². The number of ketones is 1. The minimum absolute atomic E-state index is 0.0567. The highest BCUT2D eigenvalue weighted by molar-refractivity contribution is 5.96. The Bertz CT molecular complexity index is 595. The molecule has 6 N–H and O–H groups in total. The molecular formula is C16H24N4O3. The van der Waals surface area contributed by atoms with Crippen molar-refractivity contribution in [3.05, 3.63) is 29.3 Å². The van der Waals surface area contributed by atoms with Crippen molar-refractivity contribution in [2.24, 2.45) is 28.1 Å². The topological polar surface area (TPSA) is 134 Å². The summed E-state index contributed by atoms with van der Waals surface area (Å²) in [6.07, 6.45) is 1.68. The summed E-state index contributed by atoms with van der Waals surface area (Å²) in [5.74, 6) is -0.139. The molecule has 126 valence electrons. The largest absolute Gasteiger partial charge is 0.496 e. The van der Waals surface area contributed by atoms with Crippen LogP contribution in [0.2, 0.25) is 0 Å². The number of methoxy groups -OCH3 is 1. The Hall–Kier alpha value is -2.57. The fraction of sp³-hybridized carbons (Fsp3) is 0.438. The Labute approximate surface area is 135 Å². The van der Waals surface area contributed by atoms with Crippen LogP contribution in [-0.4, -0.2) is 31.3 Å². The lowest BCUT2D eigenvalue weighted by atomic mass is 9.94. The first-order valence-corrected chi connectivity index (χ1v) is 7.40.